The first kappa shape index (κ1) is 19.8. The predicted molar refractivity (Wildman–Crippen MR) is 94.8 cm³/mol. The Bertz CT molecular complexity index is 778. The molecule has 4 rings (SSSR count). The van der Waals surface area contributed by atoms with Crippen LogP contribution in [-0.2, 0) is 62.1 Å². The minimum absolute atomic E-state index is 0.00310. The maximum absolute atomic E-state index is 12.1. The van der Waals surface area contributed by atoms with Gasteiger partial charge in [-0.25, -0.2) is 0 Å². The van der Waals surface area contributed by atoms with Crippen molar-refractivity contribution in [1.29, 1.82) is 0 Å². The van der Waals surface area contributed by atoms with Crippen molar-refractivity contribution >= 4 is 17.9 Å². The van der Waals surface area contributed by atoms with Gasteiger partial charge in [-0.05, 0) is 16.7 Å². The summed E-state index contributed by atoms with van der Waals surface area (Å²) in [5.41, 5.74) is 1.93. The molecule has 156 valence electrons. The highest BCUT2D eigenvalue weighted by atomic mass is 16.8. The molecule has 3 aliphatic heterocycles. The zero-order valence-corrected chi connectivity index (χ0v) is 15.8. The van der Waals surface area contributed by atoms with Crippen LogP contribution in [-0.4, -0.2) is 69.4 Å². The fourth-order valence-corrected chi connectivity index (χ4v) is 2.70. The highest BCUT2D eigenvalue weighted by Gasteiger charge is 2.28. The number of hydrogen-bond acceptors (Lipinski definition) is 9. The highest BCUT2D eigenvalue weighted by Crippen LogP contribution is 2.19. The molecule has 9 nitrogen and oxygen atoms in total. The van der Waals surface area contributed by atoms with Gasteiger partial charge in [-0.2, -0.15) is 0 Å². The standard InChI is InChI=1S/C20H22O9/c21-17(26-9-15-7-24-15)4-12-1-2-13(5-18(22)27-10-16-8-25-16)14(3-12)6-19(23)29-20-11-28-20/h1-3,15-16,20H,4-11H2. The van der Waals surface area contributed by atoms with E-state index in [4.69, 9.17) is 28.4 Å². The fourth-order valence-electron chi connectivity index (χ4n) is 2.70. The lowest BCUT2D eigenvalue weighted by atomic mass is 9.97. The molecule has 0 saturated carbocycles. The van der Waals surface area contributed by atoms with Gasteiger partial charge in [0.2, 0.25) is 6.29 Å². The van der Waals surface area contributed by atoms with Crippen LogP contribution in [0, 0.1) is 0 Å². The summed E-state index contributed by atoms with van der Waals surface area (Å²) in [6, 6.07) is 5.18. The van der Waals surface area contributed by atoms with Crippen molar-refractivity contribution in [1.82, 2.24) is 0 Å². The number of carbonyl (C=O) groups is 3. The summed E-state index contributed by atoms with van der Waals surface area (Å²) in [6.45, 7) is 2.08. The van der Waals surface area contributed by atoms with Crippen LogP contribution >= 0.6 is 0 Å². The lowest BCUT2D eigenvalue weighted by Crippen LogP contribution is -2.16. The van der Waals surface area contributed by atoms with Crippen LogP contribution in [0.1, 0.15) is 16.7 Å². The lowest BCUT2D eigenvalue weighted by molar-refractivity contribution is -0.148. The summed E-state index contributed by atoms with van der Waals surface area (Å²) in [4.78, 5) is 36.2. The second-order valence-electron chi connectivity index (χ2n) is 7.16. The first-order valence-corrected chi connectivity index (χ1v) is 9.51. The normalized spacial score (nSPS) is 23.8. The van der Waals surface area contributed by atoms with Crippen molar-refractivity contribution in [2.75, 3.05) is 33.0 Å². The molecule has 1 aromatic carbocycles. The van der Waals surface area contributed by atoms with Crippen molar-refractivity contribution < 1.29 is 42.8 Å². The van der Waals surface area contributed by atoms with Crippen molar-refractivity contribution in [2.45, 2.75) is 37.8 Å². The Hall–Kier alpha value is -2.49. The summed E-state index contributed by atoms with van der Waals surface area (Å²) in [5, 5.41) is 0. The molecule has 0 aromatic heterocycles. The second kappa shape index (κ2) is 8.89. The summed E-state index contributed by atoms with van der Waals surface area (Å²) in [5.74, 6) is -1.24. The zero-order valence-electron chi connectivity index (χ0n) is 15.8. The van der Waals surface area contributed by atoms with Gasteiger partial charge in [-0.1, -0.05) is 18.2 Å². The van der Waals surface area contributed by atoms with E-state index in [2.05, 4.69) is 0 Å². The molecule has 0 amide bonds. The molecule has 0 N–H and O–H groups in total. The maximum atomic E-state index is 12.1. The number of benzene rings is 1. The summed E-state index contributed by atoms with van der Waals surface area (Å²) < 4.78 is 30.4. The van der Waals surface area contributed by atoms with E-state index < -0.39 is 18.2 Å². The zero-order chi connectivity index (χ0) is 20.2. The van der Waals surface area contributed by atoms with Crippen LogP contribution in [0.3, 0.4) is 0 Å². The SMILES string of the molecule is O=C(Cc1ccc(CC(=O)OCC2CO2)c(CC(=O)OC2CO2)c1)OCC1CO1. The van der Waals surface area contributed by atoms with Crippen LogP contribution in [0.4, 0.5) is 0 Å². The predicted octanol–water partition coefficient (Wildman–Crippen LogP) is 0.0976. The molecule has 3 fully saturated rings. The van der Waals surface area contributed by atoms with E-state index in [0.29, 0.717) is 36.5 Å². The van der Waals surface area contributed by atoms with Gasteiger partial charge < -0.3 is 28.4 Å². The average Bonchev–Trinajstić information content (AvgIpc) is 3.53. The molecule has 9 heteroatoms. The first-order valence-electron chi connectivity index (χ1n) is 9.51. The molecule has 3 unspecified atom stereocenters. The van der Waals surface area contributed by atoms with Gasteiger partial charge in [-0.3, -0.25) is 14.4 Å². The second-order valence-corrected chi connectivity index (χ2v) is 7.16. The number of epoxide rings is 3. The maximum Gasteiger partial charge on any atom is 0.312 e. The van der Waals surface area contributed by atoms with E-state index >= 15 is 0 Å². The van der Waals surface area contributed by atoms with Crippen molar-refractivity contribution in [2.24, 2.45) is 0 Å². The minimum atomic E-state index is -0.489. The van der Waals surface area contributed by atoms with Crippen LogP contribution in [0.2, 0.25) is 0 Å². The van der Waals surface area contributed by atoms with Gasteiger partial charge in [0.1, 0.15) is 32.0 Å². The number of esters is 3. The third-order valence-corrected chi connectivity index (χ3v) is 4.52. The monoisotopic (exact) mass is 406 g/mol. The molecule has 0 aliphatic carbocycles. The topological polar surface area (TPSA) is 116 Å². The van der Waals surface area contributed by atoms with Gasteiger partial charge in [0.15, 0.2) is 0 Å². The number of rotatable bonds is 11. The highest BCUT2D eigenvalue weighted by molar-refractivity contribution is 5.77. The van der Waals surface area contributed by atoms with Crippen molar-refractivity contribution in [3.8, 4) is 0 Å². The quantitative estimate of drug-likeness (QED) is 0.286. The van der Waals surface area contributed by atoms with Gasteiger partial charge in [-0.15, -0.1) is 0 Å². The van der Waals surface area contributed by atoms with Crippen LogP contribution in [0.5, 0.6) is 0 Å². The number of ether oxygens (including phenoxy) is 6. The van der Waals surface area contributed by atoms with Crippen LogP contribution < -0.4 is 0 Å². The Kier molecular flexibility index (Phi) is 6.08. The summed E-state index contributed by atoms with van der Waals surface area (Å²) >= 11 is 0. The molecule has 29 heavy (non-hydrogen) atoms. The van der Waals surface area contributed by atoms with E-state index in [1.807, 2.05) is 0 Å². The molecule has 3 atom stereocenters. The smallest absolute Gasteiger partial charge is 0.312 e. The molecule has 1 aromatic rings. The largest absolute Gasteiger partial charge is 0.463 e. The average molecular weight is 406 g/mol. The van der Waals surface area contributed by atoms with Crippen LogP contribution in [0.15, 0.2) is 18.2 Å². The third-order valence-electron chi connectivity index (χ3n) is 4.52. The lowest BCUT2D eigenvalue weighted by Gasteiger charge is -2.12. The van der Waals surface area contributed by atoms with Crippen LogP contribution in [0.25, 0.3) is 0 Å². The third kappa shape index (κ3) is 6.81. The Morgan fingerprint density at radius 3 is 1.97 bits per heavy atom. The van der Waals surface area contributed by atoms with Gasteiger partial charge in [0.25, 0.3) is 0 Å². The summed E-state index contributed by atoms with van der Waals surface area (Å²) in [6.07, 6.45) is -0.460. The van der Waals surface area contributed by atoms with E-state index in [-0.39, 0.29) is 50.7 Å². The minimum Gasteiger partial charge on any atom is -0.463 e. The molecular formula is C20H22O9. The van der Waals surface area contributed by atoms with E-state index in [1.54, 1.807) is 18.2 Å². The van der Waals surface area contributed by atoms with E-state index in [1.165, 1.54) is 0 Å². The van der Waals surface area contributed by atoms with Crippen molar-refractivity contribution in [3.05, 3.63) is 34.9 Å². The van der Waals surface area contributed by atoms with Gasteiger partial charge in [0.05, 0.1) is 32.5 Å². The molecule has 3 heterocycles. The molecule has 0 spiro atoms. The molecule has 3 aliphatic rings. The first-order chi connectivity index (χ1) is 14.0. The van der Waals surface area contributed by atoms with Gasteiger partial charge in [0, 0.05) is 0 Å². The molecular weight excluding hydrogens is 384 g/mol. The van der Waals surface area contributed by atoms with Crippen molar-refractivity contribution in [3.63, 3.8) is 0 Å². The Morgan fingerprint density at radius 2 is 1.38 bits per heavy atom. The Labute approximate surface area is 167 Å². The molecule has 0 bridgehead atoms. The van der Waals surface area contributed by atoms with E-state index in [9.17, 15) is 14.4 Å². The fraction of sp³-hybridized carbons (Fsp3) is 0.550. The Balaban J connectivity index is 1.38. The number of carbonyl (C=O) groups excluding carboxylic acids is 3. The summed E-state index contributed by atoms with van der Waals surface area (Å²) in [7, 11) is 0. The molecule has 0 radical (unpaired) electrons. The molecule has 3 saturated heterocycles. The Morgan fingerprint density at radius 1 is 0.793 bits per heavy atom. The van der Waals surface area contributed by atoms with Gasteiger partial charge >= 0.3 is 17.9 Å². The number of hydrogen-bond donors (Lipinski definition) is 0. The van der Waals surface area contributed by atoms with E-state index in [0.717, 1.165) is 0 Å².